The number of hydrogen-bond donors (Lipinski definition) is 1. The van der Waals surface area contributed by atoms with Crippen molar-refractivity contribution < 1.29 is 18.8 Å². The van der Waals surface area contributed by atoms with Crippen molar-refractivity contribution >= 4 is 33.5 Å². The van der Waals surface area contributed by atoms with Crippen LogP contribution in [0.15, 0.2) is 95.6 Å². The van der Waals surface area contributed by atoms with Crippen molar-refractivity contribution in [2.75, 3.05) is 13.1 Å². The summed E-state index contributed by atoms with van der Waals surface area (Å²) in [6.07, 6.45) is 0.991. The lowest BCUT2D eigenvalue weighted by atomic mass is 10.0. The van der Waals surface area contributed by atoms with Gasteiger partial charge in [-0.1, -0.05) is 58.9 Å². The number of ketones is 1. The number of nitrogens with zero attached hydrogens (tertiary/aromatic N) is 2. The van der Waals surface area contributed by atoms with E-state index in [1.807, 2.05) is 17.0 Å². The van der Waals surface area contributed by atoms with E-state index in [2.05, 4.69) is 27.8 Å². The van der Waals surface area contributed by atoms with Gasteiger partial charge in [0.25, 0.3) is 11.8 Å². The van der Waals surface area contributed by atoms with Crippen molar-refractivity contribution in [1.82, 2.24) is 15.1 Å². The number of halogens is 2. The van der Waals surface area contributed by atoms with Gasteiger partial charge in [-0.3, -0.25) is 14.4 Å². The second kappa shape index (κ2) is 10.9. The number of fused-ring (bicyclic) bond motifs is 1. The van der Waals surface area contributed by atoms with Gasteiger partial charge in [-0.15, -0.1) is 0 Å². The molecule has 194 valence electrons. The second-order valence-corrected chi connectivity index (χ2v) is 10.5. The summed E-state index contributed by atoms with van der Waals surface area (Å²) in [4.78, 5) is 43.2. The van der Waals surface area contributed by atoms with Crippen LogP contribution >= 0.6 is 15.9 Å². The Morgan fingerprint density at radius 3 is 2.42 bits per heavy atom. The molecule has 3 aromatic carbocycles. The van der Waals surface area contributed by atoms with Gasteiger partial charge in [0.1, 0.15) is 11.9 Å². The molecule has 6 nitrogen and oxygen atoms in total. The SMILES string of the molecule is C=C([C@H](Cc1ccc(F)cc1)NC(=O)c1cccc(Br)c1)N1CC[C@@H]2[C@H]1C(=O)CN2C(=O)c1ccccc1. The van der Waals surface area contributed by atoms with Gasteiger partial charge in [0.15, 0.2) is 5.78 Å². The average Bonchev–Trinajstić information content (AvgIpc) is 3.50. The zero-order valence-corrected chi connectivity index (χ0v) is 22.2. The van der Waals surface area contributed by atoms with Gasteiger partial charge in [0, 0.05) is 27.8 Å². The van der Waals surface area contributed by atoms with Crippen LogP contribution in [0.5, 0.6) is 0 Å². The predicted octanol–water partition coefficient (Wildman–Crippen LogP) is 4.61. The number of Topliss-reactive ketones (excluding diaryl/α,β-unsaturated/α-hetero) is 1. The van der Waals surface area contributed by atoms with Crippen LogP contribution < -0.4 is 5.32 Å². The highest BCUT2D eigenvalue weighted by Crippen LogP contribution is 2.34. The lowest BCUT2D eigenvalue weighted by Gasteiger charge is -2.32. The van der Waals surface area contributed by atoms with E-state index in [1.54, 1.807) is 59.5 Å². The summed E-state index contributed by atoms with van der Waals surface area (Å²) >= 11 is 3.40. The molecule has 3 atom stereocenters. The summed E-state index contributed by atoms with van der Waals surface area (Å²) in [6, 6.07) is 20.8. The molecule has 2 saturated heterocycles. The summed E-state index contributed by atoms with van der Waals surface area (Å²) in [5.74, 6) is -0.833. The number of nitrogens with one attached hydrogen (secondary N) is 1. The van der Waals surface area contributed by atoms with Crippen LogP contribution in [0.2, 0.25) is 0 Å². The van der Waals surface area contributed by atoms with Crippen LogP contribution in [0.25, 0.3) is 0 Å². The molecule has 1 N–H and O–H groups in total. The third-order valence-corrected chi connectivity index (χ3v) is 7.71. The fourth-order valence-corrected chi connectivity index (χ4v) is 5.74. The molecular formula is C30H27BrFN3O3. The highest BCUT2D eigenvalue weighted by atomic mass is 79.9. The Bertz CT molecular complexity index is 1380. The van der Waals surface area contributed by atoms with Crippen LogP contribution in [-0.4, -0.2) is 58.6 Å². The van der Waals surface area contributed by atoms with E-state index < -0.39 is 12.1 Å². The van der Waals surface area contributed by atoms with Crippen molar-refractivity contribution in [2.24, 2.45) is 0 Å². The molecule has 2 fully saturated rings. The van der Waals surface area contributed by atoms with Crippen molar-refractivity contribution in [3.8, 4) is 0 Å². The molecular weight excluding hydrogens is 549 g/mol. The Labute approximate surface area is 229 Å². The van der Waals surface area contributed by atoms with E-state index in [1.165, 1.54) is 12.1 Å². The summed E-state index contributed by atoms with van der Waals surface area (Å²) in [6.45, 7) is 4.88. The molecule has 2 heterocycles. The monoisotopic (exact) mass is 575 g/mol. The van der Waals surface area contributed by atoms with Crippen LogP contribution in [-0.2, 0) is 11.2 Å². The molecule has 5 rings (SSSR count). The molecule has 0 bridgehead atoms. The Balaban J connectivity index is 1.38. The van der Waals surface area contributed by atoms with E-state index in [0.29, 0.717) is 36.2 Å². The minimum atomic E-state index is -0.544. The topological polar surface area (TPSA) is 69.7 Å². The third-order valence-electron chi connectivity index (χ3n) is 7.22. The summed E-state index contributed by atoms with van der Waals surface area (Å²) < 4.78 is 14.3. The van der Waals surface area contributed by atoms with Crippen molar-refractivity contribution in [2.45, 2.75) is 31.0 Å². The normalized spacial score (nSPS) is 19.3. The predicted molar refractivity (Wildman–Crippen MR) is 146 cm³/mol. The number of hydrogen-bond acceptors (Lipinski definition) is 4. The molecule has 0 aliphatic carbocycles. The maximum absolute atomic E-state index is 13.5. The second-order valence-electron chi connectivity index (χ2n) is 9.62. The Morgan fingerprint density at radius 1 is 1.00 bits per heavy atom. The van der Waals surface area contributed by atoms with Gasteiger partial charge in [0.2, 0.25) is 0 Å². The molecule has 3 aromatic rings. The number of carbonyl (C=O) groups is 3. The molecule has 2 amide bonds. The van der Waals surface area contributed by atoms with Crippen LogP contribution in [0.3, 0.4) is 0 Å². The number of rotatable bonds is 7. The highest BCUT2D eigenvalue weighted by Gasteiger charge is 2.50. The molecule has 2 aliphatic heterocycles. The van der Waals surface area contributed by atoms with Gasteiger partial charge in [-0.05, 0) is 60.9 Å². The lowest BCUT2D eigenvalue weighted by Crippen LogP contribution is -2.47. The minimum Gasteiger partial charge on any atom is -0.361 e. The first-order chi connectivity index (χ1) is 18.3. The smallest absolute Gasteiger partial charge is 0.254 e. The van der Waals surface area contributed by atoms with Crippen LogP contribution in [0, 0.1) is 5.82 Å². The van der Waals surface area contributed by atoms with Crippen molar-refractivity contribution in [1.29, 1.82) is 0 Å². The molecule has 0 saturated carbocycles. The maximum atomic E-state index is 13.5. The lowest BCUT2D eigenvalue weighted by molar-refractivity contribution is -0.120. The number of likely N-dealkylation sites (tertiary alicyclic amines) is 2. The largest absolute Gasteiger partial charge is 0.361 e. The van der Waals surface area contributed by atoms with E-state index in [-0.39, 0.29) is 36.0 Å². The number of amides is 2. The van der Waals surface area contributed by atoms with Gasteiger partial charge < -0.3 is 15.1 Å². The third kappa shape index (κ3) is 5.27. The van der Waals surface area contributed by atoms with Crippen LogP contribution in [0.1, 0.15) is 32.7 Å². The molecule has 0 radical (unpaired) electrons. The van der Waals surface area contributed by atoms with Gasteiger partial charge >= 0.3 is 0 Å². The first-order valence-corrected chi connectivity index (χ1v) is 13.3. The molecule has 38 heavy (non-hydrogen) atoms. The standard InChI is InChI=1S/C30H27BrFN3O3/c1-19(34-15-14-26-28(34)27(36)18-35(26)30(38)21-6-3-2-4-7-21)25(16-20-10-12-24(32)13-11-20)33-29(37)22-8-5-9-23(31)17-22/h2-13,17,25-26,28H,1,14-16,18H2,(H,33,37)/t25-,26+,28-/m0/s1. The zero-order chi connectivity index (χ0) is 26.8. The van der Waals surface area contributed by atoms with Gasteiger partial charge in [0.05, 0.1) is 18.6 Å². The molecule has 0 spiro atoms. The summed E-state index contributed by atoms with van der Waals surface area (Å²) in [5, 5.41) is 3.07. The summed E-state index contributed by atoms with van der Waals surface area (Å²) in [7, 11) is 0. The number of benzene rings is 3. The Morgan fingerprint density at radius 2 is 1.71 bits per heavy atom. The van der Waals surface area contributed by atoms with Gasteiger partial charge in [-0.2, -0.15) is 0 Å². The Kier molecular flexibility index (Phi) is 7.42. The minimum absolute atomic E-state index is 0.0415. The fraction of sp³-hybridized carbons (Fsp3) is 0.233. The number of carbonyl (C=O) groups excluding carboxylic acids is 3. The molecule has 2 aliphatic rings. The summed E-state index contributed by atoms with van der Waals surface area (Å²) in [5.41, 5.74) is 2.44. The first kappa shape index (κ1) is 25.9. The van der Waals surface area contributed by atoms with Crippen molar-refractivity contribution in [3.05, 3.63) is 118 Å². The van der Waals surface area contributed by atoms with Gasteiger partial charge in [-0.25, -0.2) is 4.39 Å². The average molecular weight is 576 g/mol. The quantitative estimate of drug-likeness (QED) is 0.446. The first-order valence-electron chi connectivity index (χ1n) is 12.5. The molecule has 8 heteroatoms. The van der Waals surface area contributed by atoms with E-state index >= 15 is 0 Å². The highest BCUT2D eigenvalue weighted by molar-refractivity contribution is 9.10. The molecule has 0 unspecified atom stereocenters. The Hall–Kier alpha value is -3.78. The fourth-order valence-electron chi connectivity index (χ4n) is 5.34. The molecule has 0 aromatic heterocycles. The zero-order valence-electron chi connectivity index (χ0n) is 20.6. The van der Waals surface area contributed by atoms with E-state index in [4.69, 9.17) is 0 Å². The van der Waals surface area contributed by atoms with Crippen LogP contribution in [0.4, 0.5) is 4.39 Å². The van der Waals surface area contributed by atoms with E-state index in [0.717, 1.165) is 10.0 Å². The van der Waals surface area contributed by atoms with E-state index in [9.17, 15) is 18.8 Å². The van der Waals surface area contributed by atoms with Crippen molar-refractivity contribution in [3.63, 3.8) is 0 Å². The maximum Gasteiger partial charge on any atom is 0.254 e.